The first-order valence-corrected chi connectivity index (χ1v) is 9.71. The summed E-state index contributed by atoms with van der Waals surface area (Å²) >= 11 is 0. The summed E-state index contributed by atoms with van der Waals surface area (Å²) in [5, 5.41) is 0. The van der Waals surface area contributed by atoms with E-state index in [-0.39, 0.29) is 17.7 Å². The van der Waals surface area contributed by atoms with E-state index in [2.05, 4.69) is 9.97 Å². The molecule has 0 atom stereocenters. The molecule has 27 heavy (non-hydrogen) atoms. The molecular formula is C21H25N3O3. The monoisotopic (exact) mass is 367 g/mol. The van der Waals surface area contributed by atoms with Gasteiger partial charge in [-0.05, 0) is 37.8 Å². The number of rotatable bonds is 4. The fourth-order valence-electron chi connectivity index (χ4n) is 3.87. The molecule has 2 fully saturated rings. The molecule has 1 aromatic heterocycles. The van der Waals surface area contributed by atoms with E-state index >= 15 is 0 Å². The van der Waals surface area contributed by atoms with Gasteiger partial charge in [0.15, 0.2) is 0 Å². The third kappa shape index (κ3) is 4.27. The third-order valence-electron chi connectivity index (χ3n) is 5.41. The van der Waals surface area contributed by atoms with Gasteiger partial charge in [-0.1, -0.05) is 18.2 Å². The van der Waals surface area contributed by atoms with Crippen LogP contribution in [0, 0.1) is 5.92 Å². The molecule has 0 saturated carbocycles. The Bertz CT molecular complexity index is 754. The van der Waals surface area contributed by atoms with E-state index in [9.17, 15) is 4.79 Å². The maximum Gasteiger partial charge on any atom is 0.241 e. The molecular weight excluding hydrogens is 342 g/mol. The lowest BCUT2D eigenvalue weighted by Gasteiger charge is -2.35. The van der Waals surface area contributed by atoms with Crippen molar-refractivity contribution in [3.05, 3.63) is 48.4 Å². The summed E-state index contributed by atoms with van der Waals surface area (Å²) in [4.78, 5) is 23.7. The summed E-state index contributed by atoms with van der Waals surface area (Å²) in [6, 6.07) is 9.65. The molecule has 142 valence electrons. The number of benzene rings is 1. The molecule has 3 heterocycles. The van der Waals surface area contributed by atoms with Crippen molar-refractivity contribution in [1.82, 2.24) is 14.9 Å². The molecule has 1 amide bonds. The molecule has 0 radical (unpaired) electrons. The van der Waals surface area contributed by atoms with Crippen molar-refractivity contribution < 1.29 is 14.3 Å². The van der Waals surface area contributed by atoms with Gasteiger partial charge in [-0.3, -0.25) is 9.78 Å². The fourth-order valence-corrected chi connectivity index (χ4v) is 3.87. The molecule has 0 bridgehead atoms. The van der Waals surface area contributed by atoms with Crippen LogP contribution in [0.2, 0.25) is 0 Å². The van der Waals surface area contributed by atoms with Gasteiger partial charge in [-0.15, -0.1) is 0 Å². The average Bonchev–Trinajstić information content (AvgIpc) is 2.75. The average molecular weight is 367 g/mol. The maximum atomic E-state index is 12.7. The largest absolute Gasteiger partial charge is 0.437 e. The van der Waals surface area contributed by atoms with Crippen molar-refractivity contribution in [2.75, 3.05) is 26.3 Å². The highest BCUT2D eigenvalue weighted by Gasteiger charge is 2.31. The Morgan fingerprint density at radius 1 is 1.00 bits per heavy atom. The molecule has 4 rings (SSSR count). The van der Waals surface area contributed by atoms with Crippen LogP contribution in [-0.4, -0.2) is 47.1 Å². The lowest BCUT2D eigenvalue weighted by Crippen LogP contribution is -2.42. The summed E-state index contributed by atoms with van der Waals surface area (Å²) < 4.78 is 11.3. The number of likely N-dealkylation sites (tertiary alicyclic amines) is 1. The summed E-state index contributed by atoms with van der Waals surface area (Å²) in [5.74, 6) is 2.00. The van der Waals surface area contributed by atoms with Crippen LogP contribution in [0.1, 0.15) is 37.3 Å². The zero-order valence-electron chi connectivity index (χ0n) is 15.4. The Kier molecular flexibility index (Phi) is 5.63. The Morgan fingerprint density at radius 2 is 1.70 bits per heavy atom. The van der Waals surface area contributed by atoms with E-state index in [1.54, 1.807) is 12.4 Å². The van der Waals surface area contributed by atoms with E-state index < -0.39 is 0 Å². The molecule has 2 aliphatic heterocycles. The van der Waals surface area contributed by atoms with Crippen LogP contribution in [-0.2, 0) is 9.53 Å². The minimum atomic E-state index is 0.129. The van der Waals surface area contributed by atoms with Gasteiger partial charge in [0.2, 0.25) is 11.8 Å². The van der Waals surface area contributed by atoms with Crippen molar-refractivity contribution >= 4 is 5.91 Å². The Balaban J connectivity index is 1.40. The number of para-hydroxylation sites is 1. The number of ether oxygens (including phenoxy) is 2. The zero-order valence-corrected chi connectivity index (χ0v) is 15.4. The van der Waals surface area contributed by atoms with Crippen LogP contribution < -0.4 is 4.74 Å². The summed E-state index contributed by atoms with van der Waals surface area (Å²) in [5.41, 5.74) is 0.888. The van der Waals surface area contributed by atoms with Crippen LogP contribution >= 0.6 is 0 Å². The van der Waals surface area contributed by atoms with Gasteiger partial charge < -0.3 is 14.4 Å². The Hall–Kier alpha value is -2.47. The molecule has 2 aromatic rings. The second-order valence-electron chi connectivity index (χ2n) is 7.15. The van der Waals surface area contributed by atoms with Crippen molar-refractivity contribution in [1.29, 1.82) is 0 Å². The zero-order chi connectivity index (χ0) is 18.5. The maximum absolute atomic E-state index is 12.7. The van der Waals surface area contributed by atoms with Crippen LogP contribution in [0.3, 0.4) is 0 Å². The van der Waals surface area contributed by atoms with Crippen LogP contribution in [0.4, 0.5) is 0 Å². The van der Waals surface area contributed by atoms with Gasteiger partial charge in [-0.25, -0.2) is 4.98 Å². The van der Waals surface area contributed by atoms with Crippen molar-refractivity contribution in [2.24, 2.45) is 5.92 Å². The molecule has 2 saturated heterocycles. The van der Waals surface area contributed by atoms with Crippen LogP contribution in [0.25, 0.3) is 0 Å². The molecule has 6 nitrogen and oxygen atoms in total. The van der Waals surface area contributed by atoms with E-state index in [0.717, 1.165) is 50.2 Å². The van der Waals surface area contributed by atoms with Gasteiger partial charge in [0.1, 0.15) is 11.4 Å². The van der Waals surface area contributed by atoms with Gasteiger partial charge in [0, 0.05) is 50.5 Å². The highest BCUT2D eigenvalue weighted by Crippen LogP contribution is 2.34. The third-order valence-corrected chi connectivity index (χ3v) is 5.41. The molecule has 0 N–H and O–H groups in total. The summed E-state index contributed by atoms with van der Waals surface area (Å²) in [6.07, 6.45) is 6.84. The quantitative estimate of drug-likeness (QED) is 0.829. The van der Waals surface area contributed by atoms with Crippen molar-refractivity contribution in [2.45, 2.75) is 31.6 Å². The SMILES string of the molecule is O=C(C1CCOCC1)N1CCC(c2nccnc2Oc2ccccc2)CC1. The highest BCUT2D eigenvalue weighted by atomic mass is 16.5. The fraction of sp³-hybridized carbons (Fsp3) is 0.476. The lowest BCUT2D eigenvalue weighted by atomic mass is 9.91. The van der Waals surface area contributed by atoms with Gasteiger partial charge in [-0.2, -0.15) is 0 Å². The normalized spacial score (nSPS) is 19.0. The van der Waals surface area contributed by atoms with Crippen LogP contribution in [0.5, 0.6) is 11.6 Å². The van der Waals surface area contributed by atoms with Gasteiger partial charge >= 0.3 is 0 Å². The molecule has 1 aromatic carbocycles. The van der Waals surface area contributed by atoms with E-state index in [1.807, 2.05) is 35.2 Å². The van der Waals surface area contributed by atoms with E-state index in [0.29, 0.717) is 19.1 Å². The number of aromatic nitrogens is 2. The van der Waals surface area contributed by atoms with E-state index in [4.69, 9.17) is 9.47 Å². The first-order valence-electron chi connectivity index (χ1n) is 9.71. The lowest BCUT2D eigenvalue weighted by molar-refractivity contribution is -0.139. The topological polar surface area (TPSA) is 64.5 Å². The first kappa shape index (κ1) is 17.9. The molecule has 2 aliphatic rings. The van der Waals surface area contributed by atoms with Crippen molar-refractivity contribution in [3.63, 3.8) is 0 Å². The summed E-state index contributed by atoms with van der Waals surface area (Å²) in [7, 11) is 0. The Labute approximate surface area is 159 Å². The standard InChI is InChI=1S/C21H25N3O3/c25-21(17-8-14-26-15-9-17)24-12-6-16(7-13-24)19-20(23-11-10-22-19)27-18-4-2-1-3-5-18/h1-5,10-11,16-17H,6-9,12-15H2. The number of piperidine rings is 1. The van der Waals surface area contributed by atoms with Crippen LogP contribution in [0.15, 0.2) is 42.7 Å². The second kappa shape index (κ2) is 8.48. The van der Waals surface area contributed by atoms with E-state index in [1.165, 1.54) is 0 Å². The number of amides is 1. The Morgan fingerprint density at radius 3 is 2.44 bits per heavy atom. The number of carbonyl (C=O) groups excluding carboxylic acids is 1. The van der Waals surface area contributed by atoms with Crippen molar-refractivity contribution in [3.8, 4) is 11.6 Å². The predicted octanol–water partition coefficient (Wildman–Crippen LogP) is 3.40. The molecule has 0 unspecified atom stereocenters. The highest BCUT2D eigenvalue weighted by molar-refractivity contribution is 5.79. The predicted molar refractivity (Wildman–Crippen MR) is 101 cm³/mol. The minimum absolute atomic E-state index is 0.129. The number of hydrogen-bond donors (Lipinski definition) is 0. The molecule has 6 heteroatoms. The smallest absolute Gasteiger partial charge is 0.241 e. The molecule has 0 spiro atoms. The number of nitrogens with zero attached hydrogens (tertiary/aromatic N) is 3. The summed E-state index contributed by atoms with van der Waals surface area (Å²) in [6.45, 7) is 2.93. The number of carbonyl (C=O) groups is 1. The second-order valence-corrected chi connectivity index (χ2v) is 7.15. The first-order chi connectivity index (χ1) is 13.3. The minimum Gasteiger partial charge on any atom is -0.437 e. The number of hydrogen-bond acceptors (Lipinski definition) is 5. The van der Waals surface area contributed by atoms with Gasteiger partial charge in [0.05, 0.1) is 0 Å². The van der Waals surface area contributed by atoms with Gasteiger partial charge in [0.25, 0.3) is 0 Å². The molecule has 0 aliphatic carbocycles.